The van der Waals surface area contributed by atoms with Crippen molar-refractivity contribution in [3.8, 4) is 11.5 Å². The molecule has 2 rings (SSSR count). The average molecular weight is 263 g/mol. The molecule has 1 aromatic carbocycles. The lowest BCUT2D eigenvalue weighted by Crippen LogP contribution is -2.01. The van der Waals surface area contributed by atoms with E-state index in [9.17, 15) is 5.11 Å². The number of benzene rings is 1. The summed E-state index contributed by atoms with van der Waals surface area (Å²) in [5.74, 6) is 1.88. The zero-order valence-corrected chi connectivity index (χ0v) is 11.2. The van der Waals surface area contributed by atoms with Gasteiger partial charge in [0.1, 0.15) is 18.1 Å². The predicted octanol–water partition coefficient (Wildman–Crippen LogP) is 2.62. The maximum absolute atomic E-state index is 9.71. The fraction of sp³-hybridized carbons (Fsp3) is 0.357. The second-order valence-electron chi connectivity index (χ2n) is 4.30. The van der Waals surface area contributed by atoms with Gasteiger partial charge in [-0.3, -0.25) is 0 Å². The molecule has 0 aliphatic rings. The van der Waals surface area contributed by atoms with Crippen molar-refractivity contribution in [2.24, 2.45) is 0 Å². The average Bonchev–Trinajstić information content (AvgIpc) is 2.81. The second kappa shape index (κ2) is 5.75. The highest BCUT2D eigenvalue weighted by atomic mass is 16.5. The van der Waals surface area contributed by atoms with Gasteiger partial charge in [0, 0.05) is 17.7 Å². The number of methoxy groups -OCH3 is 1. The first-order valence-electron chi connectivity index (χ1n) is 6.01. The molecule has 1 aromatic heterocycles. The molecule has 0 bridgehead atoms. The van der Waals surface area contributed by atoms with E-state index in [2.05, 4.69) is 5.16 Å². The summed E-state index contributed by atoms with van der Waals surface area (Å²) >= 11 is 0. The minimum absolute atomic E-state index is 0.258. The Morgan fingerprint density at radius 2 is 2.16 bits per heavy atom. The number of aliphatic hydroxyl groups is 1. The van der Waals surface area contributed by atoms with Gasteiger partial charge in [-0.1, -0.05) is 5.16 Å². The first-order chi connectivity index (χ1) is 9.10. The molecule has 5 nitrogen and oxygen atoms in total. The molecule has 2 aromatic rings. The van der Waals surface area contributed by atoms with Crippen molar-refractivity contribution in [2.45, 2.75) is 26.6 Å². The van der Waals surface area contributed by atoms with Crippen LogP contribution in [-0.2, 0) is 6.61 Å². The van der Waals surface area contributed by atoms with E-state index in [1.807, 2.05) is 13.0 Å². The van der Waals surface area contributed by atoms with Crippen LogP contribution in [0.5, 0.6) is 11.5 Å². The number of hydrogen-bond acceptors (Lipinski definition) is 5. The van der Waals surface area contributed by atoms with Crippen LogP contribution in [0.15, 0.2) is 28.8 Å². The molecule has 0 aliphatic heterocycles. The van der Waals surface area contributed by atoms with Gasteiger partial charge in [0.15, 0.2) is 5.76 Å². The van der Waals surface area contributed by atoms with Crippen LogP contribution >= 0.6 is 0 Å². The number of nitrogens with zero attached hydrogens (tertiary/aromatic N) is 1. The van der Waals surface area contributed by atoms with Crippen molar-refractivity contribution in [2.75, 3.05) is 7.11 Å². The summed E-state index contributed by atoms with van der Waals surface area (Å²) in [6.07, 6.45) is -0.614. The molecule has 19 heavy (non-hydrogen) atoms. The molecule has 0 amide bonds. The minimum atomic E-state index is -0.614. The van der Waals surface area contributed by atoms with Gasteiger partial charge in [-0.2, -0.15) is 0 Å². The Balaban J connectivity index is 2.17. The highest BCUT2D eigenvalue weighted by Crippen LogP contribution is 2.30. The Hall–Kier alpha value is -2.01. The molecular formula is C14H17NO4. The Kier molecular flexibility index (Phi) is 4.06. The summed E-state index contributed by atoms with van der Waals surface area (Å²) in [5.41, 5.74) is 1.51. The highest BCUT2D eigenvalue weighted by Gasteiger charge is 2.12. The van der Waals surface area contributed by atoms with Crippen LogP contribution < -0.4 is 9.47 Å². The van der Waals surface area contributed by atoms with E-state index in [4.69, 9.17) is 14.0 Å². The summed E-state index contributed by atoms with van der Waals surface area (Å²) in [4.78, 5) is 0. The molecule has 0 spiro atoms. The fourth-order valence-electron chi connectivity index (χ4n) is 1.75. The van der Waals surface area contributed by atoms with Crippen LogP contribution in [-0.4, -0.2) is 17.4 Å². The predicted molar refractivity (Wildman–Crippen MR) is 69.2 cm³/mol. The third kappa shape index (κ3) is 3.26. The molecule has 0 radical (unpaired) electrons. The van der Waals surface area contributed by atoms with Crippen LogP contribution in [0.3, 0.4) is 0 Å². The van der Waals surface area contributed by atoms with Crippen molar-refractivity contribution in [1.82, 2.24) is 5.16 Å². The van der Waals surface area contributed by atoms with E-state index in [0.29, 0.717) is 22.8 Å². The van der Waals surface area contributed by atoms with Crippen LogP contribution in [0.1, 0.15) is 30.0 Å². The standard InChI is InChI=1S/C14H17NO4/c1-9-6-12(19-15-9)8-18-14-7-11(17-3)4-5-13(14)10(2)16/h4-7,10,16H,8H2,1-3H3/t10-/m1/s1. The monoisotopic (exact) mass is 263 g/mol. The number of aryl methyl sites for hydroxylation is 1. The smallest absolute Gasteiger partial charge is 0.174 e. The van der Waals surface area contributed by atoms with Crippen molar-refractivity contribution < 1.29 is 19.1 Å². The Bertz CT molecular complexity index is 548. The molecule has 1 heterocycles. The SMILES string of the molecule is COc1ccc([C@@H](C)O)c(OCc2cc(C)no2)c1. The molecule has 1 N–H and O–H groups in total. The summed E-state index contributed by atoms with van der Waals surface area (Å²) in [6, 6.07) is 7.12. The molecule has 0 aliphatic carbocycles. The molecule has 5 heteroatoms. The van der Waals surface area contributed by atoms with Gasteiger partial charge in [0.05, 0.1) is 18.9 Å². The summed E-state index contributed by atoms with van der Waals surface area (Å²) < 4.78 is 15.9. The number of rotatable bonds is 5. The molecule has 0 fully saturated rings. The van der Waals surface area contributed by atoms with E-state index >= 15 is 0 Å². The van der Waals surface area contributed by atoms with Gasteiger partial charge in [0.25, 0.3) is 0 Å². The van der Waals surface area contributed by atoms with E-state index in [-0.39, 0.29) is 6.61 Å². The molecule has 102 valence electrons. The topological polar surface area (TPSA) is 64.7 Å². The Morgan fingerprint density at radius 1 is 1.37 bits per heavy atom. The quantitative estimate of drug-likeness (QED) is 0.898. The Labute approximate surface area is 111 Å². The lowest BCUT2D eigenvalue weighted by molar-refractivity contribution is 0.186. The maximum atomic E-state index is 9.71. The number of ether oxygens (including phenoxy) is 2. The van der Waals surface area contributed by atoms with E-state index in [1.54, 1.807) is 32.2 Å². The van der Waals surface area contributed by atoms with Crippen molar-refractivity contribution >= 4 is 0 Å². The first kappa shape index (κ1) is 13.4. The van der Waals surface area contributed by atoms with Crippen LogP contribution in [0.4, 0.5) is 0 Å². The summed E-state index contributed by atoms with van der Waals surface area (Å²) in [6.45, 7) is 3.79. The molecular weight excluding hydrogens is 246 g/mol. The number of hydrogen-bond donors (Lipinski definition) is 1. The fourth-order valence-corrected chi connectivity index (χ4v) is 1.75. The van der Waals surface area contributed by atoms with Gasteiger partial charge >= 0.3 is 0 Å². The van der Waals surface area contributed by atoms with Gasteiger partial charge in [0.2, 0.25) is 0 Å². The van der Waals surface area contributed by atoms with Crippen molar-refractivity contribution in [3.63, 3.8) is 0 Å². The first-order valence-corrected chi connectivity index (χ1v) is 6.01. The van der Waals surface area contributed by atoms with Crippen molar-refractivity contribution in [1.29, 1.82) is 0 Å². The lowest BCUT2D eigenvalue weighted by atomic mass is 10.1. The minimum Gasteiger partial charge on any atom is -0.497 e. The number of aliphatic hydroxyl groups excluding tert-OH is 1. The molecule has 1 atom stereocenters. The zero-order chi connectivity index (χ0) is 13.8. The lowest BCUT2D eigenvalue weighted by Gasteiger charge is -2.13. The van der Waals surface area contributed by atoms with Gasteiger partial charge < -0.3 is 19.1 Å². The molecule has 0 unspecified atom stereocenters. The molecule has 0 saturated carbocycles. The van der Waals surface area contributed by atoms with Gasteiger partial charge in [-0.05, 0) is 26.0 Å². The zero-order valence-electron chi connectivity index (χ0n) is 11.2. The Morgan fingerprint density at radius 3 is 2.74 bits per heavy atom. The van der Waals surface area contributed by atoms with Gasteiger partial charge in [-0.15, -0.1) is 0 Å². The van der Waals surface area contributed by atoms with Crippen LogP contribution in [0, 0.1) is 6.92 Å². The van der Waals surface area contributed by atoms with Gasteiger partial charge in [-0.25, -0.2) is 0 Å². The van der Waals surface area contributed by atoms with Crippen molar-refractivity contribution in [3.05, 3.63) is 41.3 Å². The normalized spacial score (nSPS) is 12.2. The second-order valence-corrected chi connectivity index (χ2v) is 4.30. The summed E-state index contributed by atoms with van der Waals surface area (Å²) in [7, 11) is 1.58. The third-order valence-electron chi connectivity index (χ3n) is 2.72. The van der Waals surface area contributed by atoms with Crippen LogP contribution in [0.25, 0.3) is 0 Å². The maximum Gasteiger partial charge on any atom is 0.174 e. The summed E-state index contributed by atoms with van der Waals surface area (Å²) in [5, 5.41) is 13.5. The number of aromatic nitrogens is 1. The van der Waals surface area contributed by atoms with E-state index in [0.717, 1.165) is 5.69 Å². The van der Waals surface area contributed by atoms with E-state index in [1.165, 1.54) is 0 Å². The highest BCUT2D eigenvalue weighted by molar-refractivity contribution is 5.41. The largest absolute Gasteiger partial charge is 0.497 e. The van der Waals surface area contributed by atoms with Crippen LogP contribution in [0.2, 0.25) is 0 Å². The van der Waals surface area contributed by atoms with E-state index < -0.39 is 6.10 Å². The third-order valence-corrected chi connectivity index (χ3v) is 2.72. The molecule has 0 saturated heterocycles.